The molecule has 0 aromatic carbocycles. The topological polar surface area (TPSA) is 69.1 Å². The lowest BCUT2D eigenvalue weighted by Crippen LogP contribution is -2.18. The molecule has 2 amide bonds. The predicted octanol–water partition coefficient (Wildman–Crippen LogP) is 0.488. The SMILES string of the molecule is ClCCCl.NC(N)=O. The highest BCUT2D eigenvalue weighted by atomic mass is 35.5. The predicted molar refractivity (Wildman–Crippen MR) is 35.2 cm³/mol. The average molecular weight is 159 g/mol. The maximum Gasteiger partial charge on any atom is 0.309 e. The smallest absolute Gasteiger partial charge is 0.309 e. The van der Waals surface area contributed by atoms with Crippen LogP contribution in [0.15, 0.2) is 0 Å². The van der Waals surface area contributed by atoms with Gasteiger partial charge < -0.3 is 11.5 Å². The average Bonchev–Trinajstić information content (AvgIpc) is 1.65. The molecule has 0 spiro atoms. The molecule has 0 aliphatic heterocycles. The summed E-state index contributed by atoms with van der Waals surface area (Å²) < 4.78 is 0. The third kappa shape index (κ3) is 190. The van der Waals surface area contributed by atoms with Crippen molar-refractivity contribution in [3.8, 4) is 0 Å². The van der Waals surface area contributed by atoms with E-state index in [1.54, 1.807) is 0 Å². The number of amides is 2. The van der Waals surface area contributed by atoms with Crippen LogP contribution in [0.3, 0.4) is 0 Å². The lowest BCUT2D eigenvalue weighted by Gasteiger charge is -1.63. The van der Waals surface area contributed by atoms with Gasteiger partial charge in [-0.3, -0.25) is 0 Å². The van der Waals surface area contributed by atoms with E-state index in [0.717, 1.165) is 0 Å². The van der Waals surface area contributed by atoms with E-state index in [1.807, 2.05) is 0 Å². The van der Waals surface area contributed by atoms with E-state index in [-0.39, 0.29) is 0 Å². The lowest BCUT2D eigenvalue weighted by molar-refractivity contribution is 0.256. The van der Waals surface area contributed by atoms with Crippen molar-refractivity contribution < 1.29 is 4.79 Å². The van der Waals surface area contributed by atoms with Crippen LogP contribution in [0, 0.1) is 0 Å². The number of primary amides is 2. The van der Waals surface area contributed by atoms with Crippen molar-refractivity contribution in [2.24, 2.45) is 11.5 Å². The normalized spacial score (nSPS) is 6.75. The Morgan fingerprint density at radius 3 is 1.38 bits per heavy atom. The minimum absolute atomic E-state index is 0.557. The quantitative estimate of drug-likeness (QED) is 0.537. The van der Waals surface area contributed by atoms with Crippen LogP contribution < -0.4 is 11.5 Å². The summed E-state index contributed by atoms with van der Waals surface area (Å²) in [5.74, 6) is 1.11. The number of hydrogen-bond acceptors (Lipinski definition) is 1. The summed E-state index contributed by atoms with van der Waals surface area (Å²) >= 11 is 10.1. The van der Waals surface area contributed by atoms with Crippen molar-refractivity contribution in [2.45, 2.75) is 0 Å². The van der Waals surface area contributed by atoms with Gasteiger partial charge in [0.15, 0.2) is 0 Å². The van der Waals surface area contributed by atoms with E-state index in [1.165, 1.54) is 0 Å². The van der Waals surface area contributed by atoms with Gasteiger partial charge >= 0.3 is 6.03 Å². The summed E-state index contributed by atoms with van der Waals surface area (Å²) in [5.41, 5.74) is 8.50. The lowest BCUT2D eigenvalue weighted by atomic mass is 11.0. The maximum absolute atomic E-state index is 9.00. The number of nitrogens with two attached hydrogens (primary N) is 2. The van der Waals surface area contributed by atoms with Crippen molar-refractivity contribution in [2.75, 3.05) is 11.8 Å². The zero-order valence-electron chi connectivity index (χ0n) is 4.23. The van der Waals surface area contributed by atoms with Crippen LogP contribution in [0.5, 0.6) is 0 Å². The fraction of sp³-hybridized carbons (Fsp3) is 0.667. The monoisotopic (exact) mass is 158 g/mol. The van der Waals surface area contributed by atoms with Gasteiger partial charge in [0.2, 0.25) is 0 Å². The van der Waals surface area contributed by atoms with Crippen molar-refractivity contribution in [3.05, 3.63) is 0 Å². The summed E-state index contributed by atoms with van der Waals surface area (Å²) in [6.07, 6.45) is 0. The maximum atomic E-state index is 9.00. The molecular weight excluding hydrogens is 151 g/mol. The van der Waals surface area contributed by atoms with Crippen LogP contribution in [0.1, 0.15) is 0 Å². The van der Waals surface area contributed by atoms with E-state index < -0.39 is 6.03 Å². The van der Waals surface area contributed by atoms with Crippen molar-refractivity contribution >= 4 is 29.2 Å². The molecule has 0 rings (SSSR count). The number of carbonyl (C=O) groups is 1. The molecule has 0 aromatic rings. The van der Waals surface area contributed by atoms with Crippen LogP contribution in [0.4, 0.5) is 4.79 Å². The van der Waals surface area contributed by atoms with Gasteiger partial charge in [0.05, 0.1) is 0 Å². The molecule has 0 radical (unpaired) electrons. The second kappa shape index (κ2) is 9.97. The van der Waals surface area contributed by atoms with Gasteiger partial charge in [0.25, 0.3) is 0 Å². The number of urea groups is 1. The number of rotatable bonds is 1. The molecule has 0 saturated heterocycles. The summed E-state index contributed by atoms with van der Waals surface area (Å²) in [7, 11) is 0. The molecule has 0 fully saturated rings. The van der Waals surface area contributed by atoms with Crippen molar-refractivity contribution in [3.63, 3.8) is 0 Å². The van der Waals surface area contributed by atoms with Gasteiger partial charge in [-0.2, -0.15) is 0 Å². The van der Waals surface area contributed by atoms with Crippen LogP contribution in [-0.2, 0) is 0 Å². The highest BCUT2D eigenvalue weighted by molar-refractivity contribution is 6.25. The Morgan fingerprint density at radius 2 is 1.38 bits per heavy atom. The molecule has 0 aliphatic carbocycles. The molecule has 5 heteroatoms. The third-order valence-electron chi connectivity index (χ3n) is 0.0714. The molecular formula is C3H8Cl2N2O. The zero-order valence-corrected chi connectivity index (χ0v) is 5.74. The summed E-state index contributed by atoms with van der Waals surface area (Å²) in [6.45, 7) is 0. The van der Waals surface area contributed by atoms with E-state index >= 15 is 0 Å². The Morgan fingerprint density at radius 1 is 1.25 bits per heavy atom. The van der Waals surface area contributed by atoms with E-state index in [2.05, 4.69) is 11.5 Å². The Hall–Kier alpha value is -0.150. The number of halogens is 2. The van der Waals surface area contributed by atoms with Crippen molar-refractivity contribution in [1.82, 2.24) is 0 Å². The first-order valence-corrected chi connectivity index (χ1v) is 2.89. The molecule has 0 heterocycles. The van der Waals surface area contributed by atoms with Crippen LogP contribution in [0.2, 0.25) is 0 Å². The van der Waals surface area contributed by atoms with Crippen LogP contribution >= 0.6 is 23.2 Å². The second-order valence-electron chi connectivity index (χ2n) is 0.780. The Labute approximate surface area is 57.9 Å². The fourth-order valence-electron chi connectivity index (χ4n) is 0. The molecule has 0 unspecified atom stereocenters. The molecule has 0 bridgehead atoms. The Kier molecular flexibility index (Phi) is 13.4. The summed E-state index contributed by atoms with van der Waals surface area (Å²) in [6, 6.07) is -0.833. The molecule has 0 saturated carbocycles. The van der Waals surface area contributed by atoms with E-state index in [0.29, 0.717) is 11.8 Å². The summed E-state index contributed by atoms with van der Waals surface area (Å²) in [4.78, 5) is 9.00. The van der Waals surface area contributed by atoms with Gasteiger partial charge in [-0.05, 0) is 0 Å². The second-order valence-corrected chi connectivity index (χ2v) is 1.54. The zero-order chi connectivity index (χ0) is 6.99. The van der Waals surface area contributed by atoms with E-state index in [9.17, 15) is 0 Å². The minimum atomic E-state index is -0.833. The Balaban J connectivity index is 0. The molecule has 0 aromatic heterocycles. The first-order valence-electron chi connectivity index (χ1n) is 1.82. The van der Waals surface area contributed by atoms with Gasteiger partial charge in [-0.15, -0.1) is 23.2 Å². The first kappa shape index (κ1) is 10.8. The summed E-state index contributed by atoms with van der Waals surface area (Å²) in [5, 5.41) is 0. The van der Waals surface area contributed by atoms with Crippen molar-refractivity contribution in [1.29, 1.82) is 0 Å². The highest BCUT2D eigenvalue weighted by Crippen LogP contribution is 1.75. The largest absolute Gasteiger partial charge is 0.352 e. The third-order valence-corrected chi connectivity index (χ3v) is 0.643. The molecule has 8 heavy (non-hydrogen) atoms. The minimum Gasteiger partial charge on any atom is -0.352 e. The number of alkyl halides is 2. The standard InChI is InChI=1S/C2H4Cl2.CH4N2O/c3-1-2-4;2-1(3)4/h1-2H2;(H4,2,3,4). The Bertz CT molecular complexity index is 53.2. The highest BCUT2D eigenvalue weighted by Gasteiger charge is 1.61. The number of hydrogen-bond donors (Lipinski definition) is 2. The molecule has 4 N–H and O–H groups in total. The number of carbonyl (C=O) groups excluding carboxylic acids is 1. The molecule has 0 aliphatic rings. The molecule has 3 nitrogen and oxygen atoms in total. The molecule has 50 valence electrons. The first-order chi connectivity index (χ1) is 3.65. The van der Waals surface area contributed by atoms with Crippen LogP contribution in [0.25, 0.3) is 0 Å². The van der Waals surface area contributed by atoms with Gasteiger partial charge in [0, 0.05) is 11.8 Å². The molecule has 0 atom stereocenters. The van der Waals surface area contributed by atoms with Crippen LogP contribution in [-0.4, -0.2) is 17.8 Å². The van der Waals surface area contributed by atoms with Gasteiger partial charge in [-0.25, -0.2) is 4.79 Å². The van der Waals surface area contributed by atoms with Gasteiger partial charge in [0.1, 0.15) is 0 Å². The van der Waals surface area contributed by atoms with Gasteiger partial charge in [-0.1, -0.05) is 0 Å². The van der Waals surface area contributed by atoms with E-state index in [4.69, 9.17) is 28.0 Å². The fourth-order valence-corrected chi connectivity index (χ4v) is 0.